The molecule has 0 bridgehead atoms. The number of carbonyl (C=O) groups excluding carboxylic acids is 1. The van der Waals surface area contributed by atoms with Crippen molar-refractivity contribution in [1.82, 2.24) is 9.88 Å². The van der Waals surface area contributed by atoms with Crippen LogP contribution in [0.15, 0.2) is 24.4 Å². The third-order valence-corrected chi connectivity index (χ3v) is 3.19. The molecular weight excluding hydrogens is 224 g/mol. The molecule has 0 spiro atoms. The number of nitrogens with zero attached hydrogens (tertiary/aromatic N) is 2. The molecule has 3 heteroatoms. The van der Waals surface area contributed by atoms with Crippen molar-refractivity contribution in [2.24, 2.45) is 0 Å². The van der Waals surface area contributed by atoms with Crippen molar-refractivity contribution in [1.29, 1.82) is 0 Å². The zero-order chi connectivity index (χ0) is 12.8. The Morgan fingerprint density at radius 2 is 2.22 bits per heavy atom. The Labute approximate surface area is 109 Å². The Balaban J connectivity index is 2.18. The summed E-state index contributed by atoms with van der Waals surface area (Å²) < 4.78 is 0. The number of likely N-dealkylation sites (tertiary alicyclic amines) is 1. The highest BCUT2D eigenvalue weighted by molar-refractivity contribution is 5.97. The standard InChI is InChI=1S/C15H20N2O/c1-2-3-4-9-14-13(8-7-10-16-14)15(18)17-11-5-6-12-17/h4,7-10H,2-3,5-6,11-12H2,1H3. The number of carbonyl (C=O) groups is 1. The molecule has 0 aliphatic carbocycles. The van der Waals surface area contributed by atoms with E-state index in [1.807, 2.05) is 23.1 Å². The first kappa shape index (κ1) is 12.8. The maximum Gasteiger partial charge on any atom is 0.256 e. The fourth-order valence-electron chi connectivity index (χ4n) is 2.18. The minimum absolute atomic E-state index is 0.122. The second-order valence-corrected chi connectivity index (χ2v) is 4.63. The van der Waals surface area contributed by atoms with E-state index in [2.05, 4.69) is 18.0 Å². The molecular formula is C15H20N2O. The minimum Gasteiger partial charge on any atom is -0.339 e. The Bertz CT molecular complexity index is 434. The predicted molar refractivity (Wildman–Crippen MR) is 73.3 cm³/mol. The molecule has 0 unspecified atom stereocenters. The van der Waals surface area contributed by atoms with Crippen LogP contribution in [0.2, 0.25) is 0 Å². The van der Waals surface area contributed by atoms with Gasteiger partial charge < -0.3 is 4.90 Å². The highest BCUT2D eigenvalue weighted by Gasteiger charge is 2.21. The number of rotatable bonds is 4. The Morgan fingerprint density at radius 3 is 2.94 bits per heavy atom. The number of amides is 1. The lowest BCUT2D eigenvalue weighted by Gasteiger charge is -2.16. The van der Waals surface area contributed by atoms with E-state index < -0.39 is 0 Å². The van der Waals surface area contributed by atoms with E-state index in [9.17, 15) is 4.79 Å². The highest BCUT2D eigenvalue weighted by atomic mass is 16.2. The van der Waals surface area contributed by atoms with Crippen LogP contribution in [0, 0.1) is 0 Å². The summed E-state index contributed by atoms with van der Waals surface area (Å²) in [4.78, 5) is 18.6. The second kappa shape index (κ2) is 6.34. The summed E-state index contributed by atoms with van der Waals surface area (Å²) in [6.07, 6.45) is 10.2. The van der Waals surface area contributed by atoms with Crippen LogP contribution < -0.4 is 0 Å². The van der Waals surface area contributed by atoms with Crippen LogP contribution in [0.3, 0.4) is 0 Å². The Morgan fingerprint density at radius 1 is 1.44 bits per heavy atom. The number of unbranched alkanes of at least 4 members (excludes halogenated alkanes) is 1. The molecule has 2 rings (SSSR count). The molecule has 1 amide bonds. The van der Waals surface area contributed by atoms with E-state index in [-0.39, 0.29) is 5.91 Å². The predicted octanol–water partition coefficient (Wildman–Crippen LogP) is 3.13. The van der Waals surface area contributed by atoms with Crippen molar-refractivity contribution in [2.75, 3.05) is 13.1 Å². The molecule has 3 nitrogen and oxygen atoms in total. The Hall–Kier alpha value is -1.64. The highest BCUT2D eigenvalue weighted by Crippen LogP contribution is 2.16. The van der Waals surface area contributed by atoms with Crippen LogP contribution in [0.1, 0.15) is 48.7 Å². The van der Waals surface area contributed by atoms with Crippen LogP contribution in [0.25, 0.3) is 6.08 Å². The number of pyridine rings is 1. The normalized spacial score (nSPS) is 15.5. The lowest BCUT2D eigenvalue weighted by Crippen LogP contribution is -2.28. The first-order valence-electron chi connectivity index (χ1n) is 6.73. The topological polar surface area (TPSA) is 33.2 Å². The Kier molecular flexibility index (Phi) is 4.51. The molecule has 1 aromatic rings. The fraction of sp³-hybridized carbons (Fsp3) is 0.467. The van der Waals surface area contributed by atoms with Crippen molar-refractivity contribution in [2.45, 2.75) is 32.6 Å². The maximum absolute atomic E-state index is 12.4. The molecule has 1 saturated heterocycles. The largest absolute Gasteiger partial charge is 0.339 e. The van der Waals surface area contributed by atoms with Gasteiger partial charge >= 0.3 is 0 Å². The van der Waals surface area contributed by atoms with E-state index in [0.717, 1.165) is 50.0 Å². The van der Waals surface area contributed by atoms with Gasteiger partial charge in [-0.2, -0.15) is 0 Å². The average molecular weight is 244 g/mol. The minimum atomic E-state index is 0.122. The SMILES string of the molecule is CCCC=Cc1ncccc1C(=O)N1CCCC1. The summed E-state index contributed by atoms with van der Waals surface area (Å²) in [6.45, 7) is 3.90. The lowest BCUT2D eigenvalue weighted by atomic mass is 10.1. The van der Waals surface area contributed by atoms with E-state index in [1.54, 1.807) is 6.20 Å². The summed E-state index contributed by atoms with van der Waals surface area (Å²) in [5, 5.41) is 0. The zero-order valence-corrected chi connectivity index (χ0v) is 10.9. The summed E-state index contributed by atoms with van der Waals surface area (Å²) in [5.74, 6) is 0.122. The van der Waals surface area contributed by atoms with Crippen molar-refractivity contribution in [3.63, 3.8) is 0 Å². The molecule has 0 saturated carbocycles. The van der Waals surface area contributed by atoms with E-state index in [4.69, 9.17) is 0 Å². The van der Waals surface area contributed by atoms with Crippen molar-refractivity contribution >= 4 is 12.0 Å². The van der Waals surface area contributed by atoms with Crippen LogP contribution >= 0.6 is 0 Å². The van der Waals surface area contributed by atoms with Crippen LogP contribution in [-0.4, -0.2) is 28.9 Å². The van der Waals surface area contributed by atoms with Gasteiger partial charge in [-0.3, -0.25) is 9.78 Å². The molecule has 18 heavy (non-hydrogen) atoms. The average Bonchev–Trinajstić information content (AvgIpc) is 2.93. The van der Waals surface area contributed by atoms with Gasteiger partial charge in [-0.25, -0.2) is 0 Å². The molecule has 1 aromatic heterocycles. The van der Waals surface area contributed by atoms with Crippen LogP contribution in [0.4, 0.5) is 0 Å². The van der Waals surface area contributed by atoms with E-state index >= 15 is 0 Å². The van der Waals surface area contributed by atoms with Gasteiger partial charge in [0.05, 0.1) is 11.3 Å². The quantitative estimate of drug-likeness (QED) is 0.815. The molecule has 0 N–H and O–H groups in total. The fourth-order valence-corrected chi connectivity index (χ4v) is 2.18. The van der Waals surface area contributed by atoms with Crippen molar-refractivity contribution in [3.8, 4) is 0 Å². The van der Waals surface area contributed by atoms with Gasteiger partial charge in [-0.05, 0) is 37.5 Å². The van der Waals surface area contributed by atoms with Gasteiger partial charge in [0.1, 0.15) is 0 Å². The maximum atomic E-state index is 12.4. The second-order valence-electron chi connectivity index (χ2n) is 4.63. The smallest absolute Gasteiger partial charge is 0.256 e. The molecule has 1 aliphatic rings. The van der Waals surface area contributed by atoms with E-state index in [1.165, 1.54) is 0 Å². The zero-order valence-electron chi connectivity index (χ0n) is 10.9. The van der Waals surface area contributed by atoms with Crippen molar-refractivity contribution < 1.29 is 4.79 Å². The monoisotopic (exact) mass is 244 g/mol. The summed E-state index contributed by atoms with van der Waals surface area (Å²) in [5.41, 5.74) is 1.52. The third-order valence-electron chi connectivity index (χ3n) is 3.19. The molecule has 96 valence electrons. The summed E-state index contributed by atoms with van der Waals surface area (Å²) >= 11 is 0. The number of hydrogen-bond donors (Lipinski definition) is 0. The van der Waals surface area contributed by atoms with Crippen LogP contribution in [-0.2, 0) is 0 Å². The molecule has 0 radical (unpaired) electrons. The van der Waals surface area contributed by atoms with Gasteiger partial charge in [-0.15, -0.1) is 0 Å². The number of hydrogen-bond acceptors (Lipinski definition) is 2. The molecule has 1 fully saturated rings. The summed E-state index contributed by atoms with van der Waals surface area (Å²) in [6, 6.07) is 3.71. The first-order chi connectivity index (χ1) is 8.83. The van der Waals surface area contributed by atoms with Gasteiger partial charge in [0.2, 0.25) is 0 Å². The number of allylic oxidation sites excluding steroid dienone is 1. The van der Waals surface area contributed by atoms with Gasteiger partial charge in [-0.1, -0.05) is 19.4 Å². The summed E-state index contributed by atoms with van der Waals surface area (Å²) in [7, 11) is 0. The molecule has 1 aliphatic heterocycles. The first-order valence-corrected chi connectivity index (χ1v) is 6.73. The molecule has 0 atom stereocenters. The lowest BCUT2D eigenvalue weighted by molar-refractivity contribution is 0.0792. The molecule has 2 heterocycles. The van der Waals surface area contributed by atoms with Crippen LogP contribution in [0.5, 0.6) is 0 Å². The number of aromatic nitrogens is 1. The molecule has 0 aromatic carbocycles. The van der Waals surface area contributed by atoms with E-state index in [0.29, 0.717) is 0 Å². The van der Waals surface area contributed by atoms with Crippen molar-refractivity contribution in [3.05, 3.63) is 35.7 Å². The van der Waals surface area contributed by atoms with Gasteiger partial charge in [0, 0.05) is 19.3 Å². The third kappa shape index (κ3) is 2.97. The van der Waals surface area contributed by atoms with Gasteiger partial charge in [0.15, 0.2) is 0 Å². The van der Waals surface area contributed by atoms with Gasteiger partial charge in [0.25, 0.3) is 5.91 Å².